The minimum atomic E-state index is -4.30. The number of methoxy groups -OCH3 is 1. The number of hydrogen-bond acceptors (Lipinski definition) is 5. The highest BCUT2D eigenvalue weighted by atomic mass is 35.5. The Morgan fingerprint density at radius 2 is 1.77 bits per heavy atom. The lowest BCUT2D eigenvalue weighted by Crippen LogP contribution is -2.50. The Bertz CT molecular complexity index is 1210. The maximum Gasteiger partial charge on any atom is 0.393 e. The second kappa shape index (κ2) is 10.0. The first-order valence-electron chi connectivity index (χ1n) is 11.5. The van der Waals surface area contributed by atoms with E-state index < -0.39 is 18.1 Å². The van der Waals surface area contributed by atoms with Crippen molar-refractivity contribution < 1.29 is 17.9 Å². The van der Waals surface area contributed by atoms with Gasteiger partial charge in [0.05, 0.1) is 34.3 Å². The molecule has 2 heterocycles. The fraction of sp³-hybridized carbons (Fsp3) is 0.500. The second-order valence-electron chi connectivity index (χ2n) is 8.90. The number of aromatic nitrogens is 3. The van der Waals surface area contributed by atoms with Gasteiger partial charge in [-0.3, -0.25) is 0 Å². The molecule has 1 aromatic carbocycles. The lowest BCUT2D eigenvalue weighted by atomic mass is 9.83. The van der Waals surface area contributed by atoms with E-state index in [-0.39, 0.29) is 19.5 Å². The molecule has 0 radical (unpaired) electrons. The lowest BCUT2D eigenvalue weighted by molar-refractivity contribution is -0.186. The minimum absolute atomic E-state index is 0.100. The van der Waals surface area contributed by atoms with Gasteiger partial charge in [0.25, 0.3) is 0 Å². The largest absolute Gasteiger partial charge is 0.497 e. The van der Waals surface area contributed by atoms with Crippen LogP contribution in [0.5, 0.6) is 5.75 Å². The number of fused-ring (bicyclic) bond motifs is 1. The number of alkyl halides is 3. The van der Waals surface area contributed by atoms with Crippen molar-refractivity contribution in [3.8, 4) is 16.9 Å². The Labute approximate surface area is 212 Å². The minimum Gasteiger partial charge on any atom is -0.497 e. The lowest BCUT2D eigenvalue weighted by Gasteiger charge is -2.41. The van der Waals surface area contributed by atoms with Crippen LogP contribution in [0.25, 0.3) is 16.8 Å². The highest BCUT2D eigenvalue weighted by molar-refractivity contribution is 6.39. The Kier molecular flexibility index (Phi) is 7.41. The zero-order valence-corrected chi connectivity index (χ0v) is 21.3. The molecular weight excluding hydrogens is 502 g/mol. The monoisotopic (exact) mass is 529 g/mol. The highest BCUT2D eigenvalue weighted by Gasteiger charge is 2.48. The smallest absolute Gasteiger partial charge is 0.393 e. The van der Waals surface area contributed by atoms with Gasteiger partial charge in [-0.1, -0.05) is 36.0 Å². The van der Waals surface area contributed by atoms with Gasteiger partial charge in [-0.2, -0.15) is 22.8 Å². The van der Waals surface area contributed by atoms with Crippen LogP contribution < -0.4 is 15.4 Å². The number of hydrogen-bond donors (Lipinski definition) is 1. The average Bonchev–Trinajstić information content (AvgIpc) is 3.11. The summed E-state index contributed by atoms with van der Waals surface area (Å²) in [7, 11) is 1.52. The number of halogens is 5. The first-order chi connectivity index (χ1) is 16.6. The summed E-state index contributed by atoms with van der Waals surface area (Å²) in [6.45, 7) is 4.06. The molecule has 0 saturated heterocycles. The summed E-state index contributed by atoms with van der Waals surface area (Å²) in [5.74, 6) is -0.408. The number of benzene rings is 1. The van der Waals surface area contributed by atoms with Crippen molar-refractivity contribution in [2.75, 3.05) is 25.1 Å². The number of nitrogens with two attached hydrogens (primary N) is 1. The molecule has 6 nitrogen and oxygen atoms in total. The molecule has 0 amide bonds. The quantitative estimate of drug-likeness (QED) is 0.410. The molecule has 11 heteroatoms. The van der Waals surface area contributed by atoms with Crippen LogP contribution in [0.3, 0.4) is 0 Å². The van der Waals surface area contributed by atoms with Crippen molar-refractivity contribution in [2.45, 2.75) is 51.7 Å². The van der Waals surface area contributed by atoms with E-state index in [0.29, 0.717) is 62.6 Å². The van der Waals surface area contributed by atoms with E-state index in [4.69, 9.17) is 33.7 Å². The van der Waals surface area contributed by atoms with E-state index in [1.807, 2.05) is 0 Å². The zero-order valence-electron chi connectivity index (χ0n) is 19.8. The molecule has 2 aromatic heterocycles. The molecule has 35 heavy (non-hydrogen) atoms. The first kappa shape index (κ1) is 25.9. The summed E-state index contributed by atoms with van der Waals surface area (Å²) in [4.78, 5) is 6.44. The number of aryl methyl sites for hydroxylation is 2. The normalized spacial score (nSPS) is 18.8. The Balaban J connectivity index is 1.93. The number of ether oxygens (including phenoxy) is 1. The van der Waals surface area contributed by atoms with E-state index in [1.54, 1.807) is 41.5 Å². The van der Waals surface area contributed by atoms with Crippen molar-refractivity contribution >= 4 is 34.7 Å². The Morgan fingerprint density at radius 1 is 1.11 bits per heavy atom. The van der Waals surface area contributed by atoms with Gasteiger partial charge < -0.3 is 15.4 Å². The third-order valence-electron chi connectivity index (χ3n) is 6.59. The molecule has 1 saturated carbocycles. The highest BCUT2D eigenvalue weighted by Crippen LogP contribution is 2.44. The zero-order chi connectivity index (χ0) is 25.5. The van der Waals surface area contributed by atoms with Crippen LogP contribution in [0.2, 0.25) is 10.0 Å². The maximum atomic E-state index is 14.0. The molecule has 2 atom stereocenters. The van der Waals surface area contributed by atoms with Crippen LogP contribution in [0.1, 0.15) is 37.1 Å². The van der Waals surface area contributed by atoms with Crippen molar-refractivity contribution in [1.82, 2.24) is 14.6 Å². The molecule has 2 unspecified atom stereocenters. The summed E-state index contributed by atoms with van der Waals surface area (Å²) in [5, 5.41) is 5.41. The van der Waals surface area contributed by atoms with Gasteiger partial charge in [-0.15, -0.1) is 0 Å². The summed E-state index contributed by atoms with van der Waals surface area (Å²) >= 11 is 13.2. The number of rotatable bonds is 6. The van der Waals surface area contributed by atoms with Gasteiger partial charge in [0.2, 0.25) is 0 Å². The molecule has 1 fully saturated rings. The predicted molar refractivity (Wildman–Crippen MR) is 133 cm³/mol. The summed E-state index contributed by atoms with van der Waals surface area (Å²) < 4.78 is 48.9. The third-order valence-corrected chi connectivity index (χ3v) is 7.19. The van der Waals surface area contributed by atoms with Crippen LogP contribution in [-0.4, -0.2) is 47.0 Å². The summed E-state index contributed by atoms with van der Waals surface area (Å²) in [5.41, 5.74) is 8.75. The van der Waals surface area contributed by atoms with Crippen molar-refractivity contribution in [3.05, 3.63) is 39.6 Å². The fourth-order valence-corrected chi connectivity index (χ4v) is 5.74. The Morgan fingerprint density at radius 3 is 2.37 bits per heavy atom. The van der Waals surface area contributed by atoms with E-state index >= 15 is 0 Å². The molecule has 190 valence electrons. The fourth-order valence-electron chi connectivity index (χ4n) is 5.08. The topological polar surface area (TPSA) is 68.7 Å². The molecule has 0 aliphatic heterocycles. The van der Waals surface area contributed by atoms with Crippen molar-refractivity contribution in [2.24, 2.45) is 11.7 Å². The van der Waals surface area contributed by atoms with Crippen molar-refractivity contribution in [3.63, 3.8) is 0 Å². The van der Waals surface area contributed by atoms with Gasteiger partial charge >= 0.3 is 6.18 Å². The SMILES string of the molecule is COc1cc(Cl)c(-c2c(C)nn3c(N(CCN)C4CCCCC4C(F)(F)F)cc(C)nc23)c(Cl)c1. The first-order valence-corrected chi connectivity index (χ1v) is 12.3. The molecule has 4 rings (SSSR count). The number of anilines is 1. The molecule has 1 aliphatic rings. The summed E-state index contributed by atoms with van der Waals surface area (Å²) in [6, 6.07) is 4.33. The van der Waals surface area contributed by atoms with E-state index in [0.717, 1.165) is 6.42 Å². The maximum absolute atomic E-state index is 14.0. The molecule has 0 bridgehead atoms. The third kappa shape index (κ3) is 4.90. The van der Waals surface area contributed by atoms with Gasteiger partial charge in [0, 0.05) is 36.5 Å². The molecule has 0 spiro atoms. The van der Waals surface area contributed by atoms with Gasteiger partial charge in [0.15, 0.2) is 5.65 Å². The molecule has 2 N–H and O–H groups in total. The summed E-state index contributed by atoms with van der Waals surface area (Å²) in [6.07, 6.45) is -2.49. The van der Waals surface area contributed by atoms with Gasteiger partial charge in [0.1, 0.15) is 11.6 Å². The van der Waals surface area contributed by atoms with Crippen LogP contribution in [0.4, 0.5) is 19.0 Å². The molecule has 3 aromatic rings. The number of nitrogens with zero attached hydrogens (tertiary/aromatic N) is 4. The standard InChI is InChI=1S/C24H28Cl2F3N5O/c1-13-10-20(33(9-8-30)19-7-5-4-6-16(19)24(27,28)29)34-23(31-13)21(14(2)32-34)22-17(25)11-15(35-3)12-18(22)26/h10-12,16,19H,4-9,30H2,1-3H3. The van der Waals surface area contributed by atoms with Crippen LogP contribution in [-0.2, 0) is 0 Å². The molecular formula is C24H28Cl2F3N5O. The van der Waals surface area contributed by atoms with E-state index in [1.165, 1.54) is 7.11 Å². The van der Waals surface area contributed by atoms with Crippen LogP contribution >= 0.6 is 23.2 Å². The van der Waals surface area contributed by atoms with E-state index in [9.17, 15) is 13.2 Å². The van der Waals surface area contributed by atoms with Gasteiger partial charge in [-0.05, 0) is 38.8 Å². The van der Waals surface area contributed by atoms with Crippen molar-refractivity contribution in [1.29, 1.82) is 0 Å². The van der Waals surface area contributed by atoms with Crippen LogP contribution in [0, 0.1) is 19.8 Å². The van der Waals surface area contributed by atoms with Crippen LogP contribution in [0.15, 0.2) is 18.2 Å². The average molecular weight is 530 g/mol. The van der Waals surface area contributed by atoms with Gasteiger partial charge in [-0.25, -0.2) is 4.98 Å². The molecule has 1 aliphatic carbocycles. The predicted octanol–water partition coefficient (Wildman–Crippen LogP) is 6.21. The van der Waals surface area contributed by atoms with E-state index in [2.05, 4.69) is 10.1 Å². The Hall–Kier alpha value is -2.23. The second-order valence-corrected chi connectivity index (χ2v) is 9.71.